The van der Waals surface area contributed by atoms with Crippen LogP contribution >= 0.6 is 0 Å². The summed E-state index contributed by atoms with van der Waals surface area (Å²) in [5.74, 6) is -0.462. The van der Waals surface area contributed by atoms with E-state index in [0.717, 1.165) is 4.90 Å². The number of aliphatic hydroxyl groups excluding tert-OH is 1. The third kappa shape index (κ3) is 2.61. The van der Waals surface area contributed by atoms with Crippen LogP contribution in [0.15, 0.2) is 24.3 Å². The van der Waals surface area contributed by atoms with E-state index in [0.29, 0.717) is 11.3 Å². The number of aliphatic hydroxyl groups is 1. The van der Waals surface area contributed by atoms with Crippen molar-refractivity contribution in [3.05, 3.63) is 29.8 Å². The van der Waals surface area contributed by atoms with Crippen LogP contribution in [0.5, 0.6) is 0 Å². The summed E-state index contributed by atoms with van der Waals surface area (Å²) in [5, 5.41) is 10.1. The third-order valence-corrected chi connectivity index (χ3v) is 3.40. The van der Waals surface area contributed by atoms with Crippen molar-refractivity contribution in [2.24, 2.45) is 5.41 Å². The number of hydrogen-bond acceptors (Lipinski definition) is 4. The van der Waals surface area contributed by atoms with E-state index in [4.69, 9.17) is 5.73 Å². The van der Waals surface area contributed by atoms with Gasteiger partial charge in [-0.05, 0) is 17.7 Å². The van der Waals surface area contributed by atoms with Gasteiger partial charge < -0.3 is 10.8 Å². The van der Waals surface area contributed by atoms with Gasteiger partial charge in [-0.3, -0.25) is 14.5 Å². The van der Waals surface area contributed by atoms with E-state index in [-0.39, 0.29) is 24.8 Å². The highest BCUT2D eigenvalue weighted by atomic mass is 16.3. The molecule has 1 atom stereocenters. The molecule has 19 heavy (non-hydrogen) atoms. The first-order valence-electron chi connectivity index (χ1n) is 6.19. The van der Waals surface area contributed by atoms with E-state index in [9.17, 15) is 14.7 Å². The van der Waals surface area contributed by atoms with Gasteiger partial charge >= 0.3 is 0 Å². The maximum Gasteiger partial charge on any atom is 0.235 e. The Morgan fingerprint density at radius 1 is 1.32 bits per heavy atom. The minimum absolute atomic E-state index is 0.00891. The molecule has 1 aromatic rings. The summed E-state index contributed by atoms with van der Waals surface area (Å²) in [7, 11) is 0. The van der Waals surface area contributed by atoms with Crippen molar-refractivity contribution in [2.45, 2.75) is 26.4 Å². The van der Waals surface area contributed by atoms with Gasteiger partial charge in [-0.1, -0.05) is 26.0 Å². The van der Waals surface area contributed by atoms with Crippen LogP contribution in [0.3, 0.4) is 0 Å². The number of rotatable bonds is 3. The van der Waals surface area contributed by atoms with Crippen LogP contribution in [0.2, 0.25) is 0 Å². The molecule has 1 aliphatic rings. The molecule has 2 amide bonds. The average Bonchev–Trinajstić information content (AvgIpc) is 2.52. The Labute approximate surface area is 112 Å². The summed E-state index contributed by atoms with van der Waals surface area (Å²) in [6.45, 7) is 3.47. The topological polar surface area (TPSA) is 83.6 Å². The van der Waals surface area contributed by atoms with E-state index in [2.05, 4.69) is 0 Å². The molecule has 5 nitrogen and oxygen atoms in total. The number of anilines is 1. The van der Waals surface area contributed by atoms with Gasteiger partial charge in [0, 0.05) is 12.1 Å². The number of carbonyl (C=O) groups is 2. The molecule has 0 bridgehead atoms. The van der Waals surface area contributed by atoms with Gasteiger partial charge in [0.1, 0.15) is 0 Å². The molecule has 1 aliphatic heterocycles. The number of amides is 2. The molecule has 3 N–H and O–H groups in total. The molecule has 5 heteroatoms. The molecule has 1 aromatic carbocycles. The van der Waals surface area contributed by atoms with Crippen LogP contribution in [0.25, 0.3) is 0 Å². The lowest BCUT2D eigenvalue weighted by molar-refractivity contribution is -0.142. The minimum atomic E-state index is -0.887. The molecule has 0 saturated carbocycles. The molecule has 0 aromatic heterocycles. The summed E-state index contributed by atoms with van der Waals surface area (Å²) >= 11 is 0. The predicted octanol–water partition coefficient (Wildman–Crippen LogP) is 1.09. The number of β-amino-alcohol motifs (C(OH)–C–C–N with tert-alkyl or cyclic N) is 1. The standard InChI is InChI=1S/C14H18N2O3/c1-14(2)7-12(18)16(13(14)19)8-11(17)9-3-5-10(15)6-4-9/h3-6,11,17H,7-8,15H2,1-2H3. The lowest BCUT2D eigenvalue weighted by Gasteiger charge is -2.21. The van der Waals surface area contributed by atoms with Gasteiger partial charge in [0.15, 0.2) is 0 Å². The van der Waals surface area contributed by atoms with Crippen LogP contribution in [0.1, 0.15) is 31.9 Å². The molecule has 1 unspecified atom stereocenters. The quantitative estimate of drug-likeness (QED) is 0.631. The van der Waals surface area contributed by atoms with Crippen molar-refractivity contribution in [3.63, 3.8) is 0 Å². The van der Waals surface area contributed by atoms with Gasteiger partial charge in [0.2, 0.25) is 11.8 Å². The fourth-order valence-electron chi connectivity index (χ4n) is 2.21. The van der Waals surface area contributed by atoms with E-state index in [1.54, 1.807) is 38.1 Å². The summed E-state index contributed by atoms with van der Waals surface area (Å²) in [6, 6.07) is 6.73. The van der Waals surface area contributed by atoms with Crippen LogP contribution in [-0.2, 0) is 9.59 Å². The number of nitrogen functional groups attached to an aromatic ring is 1. The molecule has 1 saturated heterocycles. The second-order valence-corrected chi connectivity index (χ2v) is 5.55. The van der Waals surface area contributed by atoms with Crippen LogP contribution < -0.4 is 5.73 Å². The first kappa shape index (κ1) is 13.5. The van der Waals surface area contributed by atoms with E-state index >= 15 is 0 Å². The van der Waals surface area contributed by atoms with Crippen LogP contribution in [-0.4, -0.2) is 28.4 Å². The Kier molecular flexibility index (Phi) is 3.32. The zero-order chi connectivity index (χ0) is 14.2. The van der Waals surface area contributed by atoms with Crippen LogP contribution in [0.4, 0.5) is 5.69 Å². The second kappa shape index (κ2) is 4.66. The van der Waals surface area contributed by atoms with Crippen molar-refractivity contribution in [1.29, 1.82) is 0 Å². The van der Waals surface area contributed by atoms with Gasteiger partial charge in [0.25, 0.3) is 0 Å². The van der Waals surface area contributed by atoms with Gasteiger partial charge in [-0.25, -0.2) is 0 Å². The smallest absolute Gasteiger partial charge is 0.235 e. The summed E-state index contributed by atoms with van der Waals surface area (Å²) in [4.78, 5) is 25.0. The first-order valence-corrected chi connectivity index (χ1v) is 6.19. The van der Waals surface area contributed by atoms with E-state index in [1.807, 2.05) is 0 Å². The van der Waals surface area contributed by atoms with Crippen molar-refractivity contribution in [2.75, 3.05) is 12.3 Å². The molecule has 2 rings (SSSR count). The molecule has 1 fully saturated rings. The van der Waals surface area contributed by atoms with Crippen molar-refractivity contribution < 1.29 is 14.7 Å². The fraction of sp³-hybridized carbons (Fsp3) is 0.429. The highest BCUT2D eigenvalue weighted by molar-refractivity contribution is 6.05. The Morgan fingerprint density at radius 3 is 2.37 bits per heavy atom. The molecule has 0 radical (unpaired) electrons. The zero-order valence-corrected chi connectivity index (χ0v) is 11.1. The highest BCUT2D eigenvalue weighted by Gasteiger charge is 2.45. The number of benzene rings is 1. The lowest BCUT2D eigenvalue weighted by Crippen LogP contribution is -2.36. The van der Waals surface area contributed by atoms with Crippen LogP contribution in [0, 0.1) is 5.41 Å². The predicted molar refractivity (Wildman–Crippen MR) is 70.9 cm³/mol. The maximum absolute atomic E-state index is 12.0. The Hall–Kier alpha value is -1.88. The maximum atomic E-state index is 12.0. The summed E-state index contributed by atoms with van der Waals surface area (Å²) < 4.78 is 0. The summed E-state index contributed by atoms with van der Waals surface area (Å²) in [6.07, 6.45) is -0.692. The Bertz CT molecular complexity index is 508. The van der Waals surface area contributed by atoms with E-state index < -0.39 is 11.5 Å². The van der Waals surface area contributed by atoms with Gasteiger partial charge in [-0.2, -0.15) is 0 Å². The molecule has 1 heterocycles. The Balaban J connectivity index is 2.11. The van der Waals surface area contributed by atoms with Gasteiger partial charge in [0.05, 0.1) is 18.1 Å². The minimum Gasteiger partial charge on any atom is -0.399 e. The normalized spacial score (nSPS) is 19.8. The van der Waals surface area contributed by atoms with Crippen molar-refractivity contribution in [3.8, 4) is 0 Å². The number of hydrogen-bond donors (Lipinski definition) is 2. The SMILES string of the molecule is CC1(C)CC(=O)N(CC(O)c2ccc(N)cc2)C1=O. The number of imide groups is 1. The molecule has 102 valence electrons. The number of likely N-dealkylation sites (tertiary alicyclic amines) is 1. The lowest BCUT2D eigenvalue weighted by atomic mass is 9.92. The van der Waals surface area contributed by atoms with Crippen molar-refractivity contribution >= 4 is 17.5 Å². The Morgan fingerprint density at radius 2 is 1.89 bits per heavy atom. The monoisotopic (exact) mass is 262 g/mol. The molecule has 0 aliphatic carbocycles. The fourth-order valence-corrected chi connectivity index (χ4v) is 2.21. The zero-order valence-electron chi connectivity index (χ0n) is 11.1. The highest BCUT2D eigenvalue weighted by Crippen LogP contribution is 2.32. The van der Waals surface area contributed by atoms with Crippen molar-refractivity contribution in [1.82, 2.24) is 4.90 Å². The molecular weight excluding hydrogens is 244 g/mol. The largest absolute Gasteiger partial charge is 0.399 e. The summed E-state index contributed by atoms with van der Waals surface area (Å²) in [5.41, 5.74) is 6.14. The van der Waals surface area contributed by atoms with E-state index in [1.165, 1.54) is 0 Å². The first-order chi connectivity index (χ1) is 8.81. The second-order valence-electron chi connectivity index (χ2n) is 5.55. The number of carbonyl (C=O) groups excluding carboxylic acids is 2. The van der Waals surface area contributed by atoms with Gasteiger partial charge in [-0.15, -0.1) is 0 Å². The average molecular weight is 262 g/mol. The third-order valence-electron chi connectivity index (χ3n) is 3.40. The number of nitrogens with two attached hydrogens (primary N) is 1. The molecular formula is C14H18N2O3. The molecule has 0 spiro atoms. The number of nitrogens with zero attached hydrogens (tertiary/aromatic N) is 1.